The molecule has 2 aromatic carbocycles. The van der Waals surface area contributed by atoms with Gasteiger partial charge in [0.2, 0.25) is 0 Å². The van der Waals surface area contributed by atoms with Crippen LogP contribution in [0.25, 0.3) is 0 Å². The number of urea groups is 1. The normalized spacial score (nSPS) is 9.89. The van der Waals surface area contributed by atoms with Crippen LogP contribution in [0.2, 0.25) is 0 Å². The van der Waals surface area contributed by atoms with E-state index in [0.717, 1.165) is 0 Å². The summed E-state index contributed by atoms with van der Waals surface area (Å²) in [6.07, 6.45) is 0. The van der Waals surface area contributed by atoms with Crippen molar-refractivity contribution in [1.82, 2.24) is 0 Å². The first-order valence-electron chi connectivity index (χ1n) is 8.10. The zero-order valence-electron chi connectivity index (χ0n) is 15.2. The molecule has 2 rings (SSSR count). The van der Waals surface area contributed by atoms with Crippen LogP contribution in [-0.2, 0) is 9.47 Å². The van der Waals surface area contributed by atoms with E-state index in [0.29, 0.717) is 18.0 Å². The Bertz CT molecular complexity index is 833. The lowest BCUT2D eigenvalue weighted by molar-refractivity contribution is 0.0587. The van der Waals surface area contributed by atoms with Gasteiger partial charge in [-0.2, -0.15) is 0 Å². The van der Waals surface area contributed by atoms with Crippen LogP contribution in [0.3, 0.4) is 0 Å². The maximum atomic E-state index is 12.3. The standard InChI is InChI=1S/C19H20N2O6/c1-4-27-14-8-6-13(7-9-14)20-19(24)21-16-11-12(17(22)25-2)5-10-15(16)18(23)26-3/h5-11H,4H2,1-3H3,(H2,20,21,24). The highest BCUT2D eigenvalue weighted by molar-refractivity contribution is 6.06. The molecule has 0 heterocycles. The van der Waals surface area contributed by atoms with Crippen molar-refractivity contribution in [1.29, 1.82) is 0 Å². The molecule has 0 fully saturated rings. The average molecular weight is 372 g/mol. The van der Waals surface area contributed by atoms with Gasteiger partial charge in [0.25, 0.3) is 0 Å². The molecular weight excluding hydrogens is 352 g/mol. The summed E-state index contributed by atoms with van der Waals surface area (Å²) in [5.41, 5.74) is 0.932. The van der Waals surface area contributed by atoms with Crippen LogP contribution < -0.4 is 15.4 Å². The van der Waals surface area contributed by atoms with Gasteiger partial charge in [-0.3, -0.25) is 0 Å². The van der Waals surface area contributed by atoms with Gasteiger partial charge >= 0.3 is 18.0 Å². The Morgan fingerprint density at radius 2 is 1.56 bits per heavy atom. The summed E-state index contributed by atoms with van der Waals surface area (Å²) in [7, 11) is 2.46. The summed E-state index contributed by atoms with van der Waals surface area (Å²) in [5, 5.41) is 5.18. The molecule has 0 aromatic heterocycles. The van der Waals surface area contributed by atoms with E-state index in [1.807, 2.05) is 6.92 Å². The van der Waals surface area contributed by atoms with Crippen molar-refractivity contribution in [3.63, 3.8) is 0 Å². The first-order chi connectivity index (χ1) is 13.0. The van der Waals surface area contributed by atoms with Crippen LogP contribution >= 0.6 is 0 Å². The summed E-state index contributed by atoms with van der Waals surface area (Å²) in [5.74, 6) is -0.564. The van der Waals surface area contributed by atoms with Gasteiger partial charge in [0.15, 0.2) is 0 Å². The molecule has 2 aromatic rings. The van der Waals surface area contributed by atoms with Gasteiger partial charge in [-0.15, -0.1) is 0 Å². The Balaban J connectivity index is 2.19. The molecule has 27 heavy (non-hydrogen) atoms. The zero-order valence-corrected chi connectivity index (χ0v) is 15.2. The maximum Gasteiger partial charge on any atom is 0.339 e. The Morgan fingerprint density at radius 3 is 2.15 bits per heavy atom. The van der Waals surface area contributed by atoms with E-state index in [2.05, 4.69) is 15.4 Å². The highest BCUT2D eigenvalue weighted by Gasteiger charge is 2.17. The van der Waals surface area contributed by atoms with Crippen molar-refractivity contribution < 1.29 is 28.6 Å². The first-order valence-corrected chi connectivity index (χ1v) is 8.10. The Labute approximate surface area is 156 Å². The van der Waals surface area contributed by atoms with Gasteiger partial charge < -0.3 is 24.8 Å². The summed E-state index contributed by atoms with van der Waals surface area (Å²) < 4.78 is 14.7. The smallest absolute Gasteiger partial charge is 0.339 e. The van der Waals surface area contributed by atoms with Crippen LogP contribution in [0.1, 0.15) is 27.6 Å². The molecule has 142 valence electrons. The average Bonchev–Trinajstić information content (AvgIpc) is 2.68. The summed E-state index contributed by atoms with van der Waals surface area (Å²) in [6.45, 7) is 2.42. The number of carbonyl (C=O) groups excluding carboxylic acids is 3. The molecule has 0 spiro atoms. The largest absolute Gasteiger partial charge is 0.494 e. The van der Waals surface area contributed by atoms with Gasteiger partial charge in [-0.25, -0.2) is 14.4 Å². The minimum Gasteiger partial charge on any atom is -0.494 e. The molecule has 0 unspecified atom stereocenters. The van der Waals surface area contributed by atoms with E-state index in [4.69, 9.17) is 9.47 Å². The topological polar surface area (TPSA) is 103 Å². The molecule has 0 saturated heterocycles. The van der Waals surface area contributed by atoms with E-state index < -0.39 is 18.0 Å². The number of hydrogen-bond donors (Lipinski definition) is 2. The lowest BCUT2D eigenvalue weighted by Crippen LogP contribution is -2.21. The number of rotatable bonds is 6. The molecule has 0 aliphatic rings. The summed E-state index contributed by atoms with van der Waals surface area (Å²) >= 11 is 0. The minimum absolute atomic E-state index is 0.104. The molecular formula is C19H20N2O6. The third kappa shape index (κ3) is 5.21. The molecule has 0 atom stereocenters. The van der Waals surface area contributed by atoms with E-state index in [1.165, 1.54) is 32.4 Å². The van der Waals surface area contributed by atoms with Gasteiger partial charge in [0.1, 0.15) is 5.75 Å². The molecule has 0 saturated carbocycles. The molecule has 0 aliphatic heterocycles. The number of amides is 2. The van der Waals surface area contributed by atoms with Crippen molar-refractivity contribution in [3.05, 3.63) is 53.6 Å². The first kappa shape index (κ1) is 19.8. The Morgan fingerprint density at radius 1 is 0.889 bits per heavy atom. The number of ether oxygens (including phenoxy) is 3. The zero-order chi connectivity index (χ0) is 19.8. The lowest BCUT2D eigenvalue weighted by Gasteiger charge is -2.12. The highest BCUT2D eigenvalue weighted by atomic mass is 16.5. The number of benzene rings is 2. The van der Waals surface area contributed by atoms with Crippen LogP contribution in [0.5, 0.6) is 5.75 Å². The fraction of sp³-hybridized carbons (Fsp3) is 0.211. The number of hydrogen-bond acceptors (Lipinski definition) is 6. The van der Waals surface area contributed by atoms with E-state index >= 15 is 0 Å². The van der Waals surface area contributed by atoms with E-state index in [1.54, 1.807) is 24.3 Å². The van der Waals surface area contributed by atoms with Gasteiger partial charge in [-0.05, 0) is 49.4 Å². The van der Waals surface area contributed by atoms with Crippen LogP contribution in [-0.4, -0.2) is 38.8 Å². The fourth-order valence-corrected chi connectivity index (χ4v) is 2.27. The second-order valence-corrected chi connectivity index (χ2v) is 5.28. The van der Waals surface area contributed by atoms with E-state index in [9.17, 15) is 14.4 Å². The van der Waals surface area contributed by atoms with Gasteiger partial charge in [0, 0.05) is 5.69 Å². The second kappa shape index (κ2) is 9.23. The maximum absolute atomic E-state index is 12.3. The minimum atomic E-state index is -0.650. The molecule has 0 radical (unpaired) electrons. The fourth-order valence-electron chi connectivity index (χ4n) is 2.27. The molecule has 8 nitrogen and oxygen atoms in total. The van der Waals surface area contributed by atoms with Gasteiger partial charge in [-0.1, -0.05) is 0 Å². The van der Waals surface area contributed by atoms with Crippen molar-refractivity contribution >= 4 is 29.3 Å². The van der Waals surface area contributed by atoms with Crippen molar-refractivity contribution in [3.8, 4) is 5.75 Å². The molecule has 8 heteroatoms. The number of carbonyl (C=O) groups is 3. The van der Waals surface area contributed by atoms with Crippen LogP contribution in [0.4, 0.5) is 16.2 Å². The third-order valence-corrected chi connectivity index (χ3v) is 3.52. The third-order valence-electron chi connectivity index (χ3n) is 3.52. The second-order valence-electron chi connectivity index (χ2n) is 5.28. The van der Waals surface area contributed by atoms with E-state index in [-0.39, 0.29) is 16.8 Å². The molecule has 2 amide bonds. The SMILES string of the molecule is CCOc1ccc(NC(=O)Nc2cc(C(=O)OC)ccc2C(=O)OC)cc1. The summed E-state index contributed by atoms with van der Waals surface area (Å²) in [4.78, 5) is 35.9. The molecule has 0 bridgehead atoms. The van der Waals surface area contributed by atoms with Crippen LogP contribution in [0.15, 0.2) is 42.5 Å². The number of nitrogens with one attached hydrogen (secondary N) is 2. The molecule has 0 aliphatic carbocycles. The van der Waals surface area contributed by atoms with Crippen molar-refractivity contribution in [2.45, 2.75) is 6.92 Å². The highest BCUT2D eigenvalue weighted by Crippen LogP contribution is 2.21. The monoisotopic (exact) mass is 372 g/mol. The van der Waals surface area contributed by atoms with Crippen molar-refractivity contribution in [2.75, 3.05) is 31.5 Å². The predicted molar refractivity (Wildman–Crippen MR) is 99.4 cm³/mol. The van der Waals surface area contributed by atoms with Crippen molar-refractivity contribution in [2.24, 2.45) is 0 Å². The Kier molecular flexibility index (Phi) is 6.76. The quantitative estimate of drug-likeness (QED) is 0.754. The summed E-state index contributed by atoms with van der Waals surface area (Å²) in [6, 6.07) is 10.3. The number of anilines is 2. The van der Waals surface area contributed by atoms with Gasteiger partial charge in [0.05, 0.1) is 37.6 Å². The van der Waals surface area contributed by atoms with Crippen LogP contribution in [0, 0.1) is 0 Å². The predicted octanol–water partition coefficient (Wildman–Crippen LogP) is 3.30. The number of methoxy groups -OCH3 is 2. The Hall–Kier alpha value is -3.55. The molecule has 2 N–H and O–H groups in total. The lowest BCUT2D eigenvalue weighted by atomic mass is 10.1. The number of esters is 2.